The predicted octanol–water partition coefficient (Wildman–Crippen LogP) is 1.02. The van der Waals surface area contributed by atoms with Gasteiger partial charge in [-0.3, -0.25) is 9.59 Å². The molecule has 15 heteroatoms. The van der Waals surface area contributed by atoms with Crippen molar-refractivity contribution in [1.29, 1.82) is 0 Å². The number of aliphatic hydroxyl groups excluding tert-OH is 2. The zero-order chi connectivity index (χ0) is 35.0. The minimum atomic E-state index is -1.23. The second-order valence-electron chi connectivity index (χ2n) is 12.6. The molecule has 1 aliphatic carbocycles. The van der Waals surface area contributed by atoms with E-state index in [1.807, 2.05) is 36.4 Å². The summed E-state index contributed by atoms with van der Waals surface area (Å²) in [6, 6.07) is 18.5. The Hall–Kier alpha value is -5.12. The van der Waals surface area contributed by atoms with Gasteiger partial charge in [0, 0.05) is 44.6 Å². The molecule has 15 nitrogen and oxygen atoms in total. The number of aliphatic hydroxyl groups is 2. The number of nitrogens with one attached hydrogen (secondary N) is 6. The van der Waals surface area contributed by atoms with Crippen molar-refractivity contribution in [2.24, 2.45) is 0 Å². The Bertz CT molecular complexity index is 1730. The van der Waals surface area contributed by atoms with Crippen LogP contribution in [0, 0.1) is 0 Å². The van der Waals surface area contributed by atoms with E-state index in [0.29, 0.717) is 17.9 Å². The van der Waals surface area contributed by atoms with E-state index in [1.54, 1.807) is 11.5 Å². The quantitative estimate of drug-likeness (QED) is 0.0939. The Labute approximate surface area is 289 Å². The molecule has 4 aromatic rings. The van der Waals surface area contributed by atoms with E-state index in [-0.39, 0.29) is 61.3 Å². The zero-order valence-corrected chi connectivity index (χ0v) is 27.9. The van der Waals surface area contributed by atoms with Gasteiger partial charge in [-0.15, -0.1) is 0 Å². The number of carbonyl (C=O) groups excluding carboxylic acids is 3. The summed E-state index contributed by atoms with van der Waals surface area (Å²) in [5.41, 5.74) is 2.84. The second-order valence-corrected chi connectivity index (χ2v) is 12.6. The molecular formula is C35H44N10O5. The van der Waals surface area contributed by atoms with Gasteiger partial charge in [0.2, 0.25) is 11.7 Å². The van der Waals surface area contributed by atoms with E-state index in [9.17, 15) is 24.6 Å². The van der Waals surface area contributed by atoms with E-state index in [0.717, 1.165) is 30.6 Å². The van der Waals surface area contributed by atoms with Crippen molar-refractivity contribution in [2.45, 2.75) is 62.4 Å². The summed E-state index contributed by atoms with van der Waals surface area (Å²) in [6.45, 7) is 4.03. The average molecular weight is 685 g/mol. The Morgan fingerprint density at radius 1 is 0.940 bits per heavy atom. The number of anilines is 1. The smallest absolute Gasteiger partial charge is 0.315 e. The highest BCUT2D eigenvalue weighted by Crippen LogP contribution is 2.34. The molecule has 2 aromatic carbocycles. The number of amides is 4. The van der Waals surface area contributed by atoms with Crippen molar-refractivity contribution in [3.8, 4) is 0 Å². The first-order chi connectivity index (χ1) is 24.3. The molecule has 6 rings (SSSR count). The van der Waals surface area contributed by atoms with Gasteiger partial charge in [-0.25, -0.2) is 19.7 Å². The van der Waals surface area contributed by atoms with Gasteiger partial charge in [0.1, 0.15) is 17.7 Å². The molecule has 1 saturated heterocycles. The van der Waals surface area contributed by atoms with Gasteiger partial charge in [0.05, 0.1) is 18.4 Å². The normalized spacial score (nSPS) is 21.6. The fourth-order valence-electron chi connectivity index (χ4n) is 6.56. The molecule has 1 aliphatic heterocycles. The van der Waals surface area contributed by atoms with Crippen molar-refractivity contribution >= 4 is 34.8 Å². The molecular weight excluding hydrogens is 640 g/mol. The summed E-state index contributed by atoms with van der Waals surface area (Å²) in [6.07, 6.45) is 0.398. The summed E-state index contributed by atoms with van der Waals surface area (Å²) in [5.74, 6) is -0.675. The Balaban J connectivity index is 1.25. The third-order valence-electron chi connectivity index (χ3n) is 9.27. The van der Waals surface area contributed by atoms with Gasteiger partial charge in [-0.1, -0.05) is 67.6 Å². The first kappa shape index (κ1) is 34.7. The largest absolute Gasteiger partial charge is 0.388 e. The second kappa shape index (κ2) is 16.1. The van der Waals surface area contributed by atoms with Gasteiger partial charge < -0.3 is 46.7 Å². The highest BCUT2D eigenvalue weighted by atomic mass is 16.3. The van der Waals surface area contributed by atoms with E-state index < -0.39 is 30.2 Å². The molecule has 3 heterocycles. The van der Waals surface area contributed by atoms with Crippen LogP contribution >= 0.6 is 0 Å². The number of hydrogen-bond donors (Lipinski definition) is 8. The van der Waals surface area contributed by atoms with Gasteiger partial charge in [-0.2, -0.15) is 0 Å². The number of aromatic nitrogens is 4. The van der Waals surface area contributed by atoms with E-state index in [1.165, 1.54) is 6.33 Å². The lowest BCUT2D eigenvalue weighted by Gasteiger charge is -2.20. The van der Waals surface area contributed by atoms with Crippen molar-refractivity contribution in [3.05, 3.63) is 83.9 Å². The van der Waals surface area contributed by atoms with Crippen LogP contribution in [0.3, 0.4) is 0 Å². The van der Waals surface area contributed by atoms with Gasteiger partial charge >= 0.3 is 6.03 Å². The molecule has 8 N–H and O–H groups in total. The van der Waals surface area contributed by atoms with Crippen LogP contribution in [0.25, 0.3) is 11.2 Å². The topological polar surface area (TPSA) is 207 Å². The first-order valence-electron chi connectivity index (χ1n) is 17.1. The van der Waals surface area contributed by atoms with Crippen LogP contribution in [-0.2, 0) is 4.79 Å². The monoisotopic (exact) mass is 684 g/mol. The van der Waals surface area contributed by atoms with Crippen molar-refractivity contribution in [1.82, 2.24) is 46.1 Å². The summed E-state index contributed by atoms with van der Waals surface area (Å²) in [5, 5.41) is 39.7. The minimum absolute atomic E-state index is 0.0613. The molecule has 2 fully saturated rings. The fraction of sp³-hybridized carbons (Fsp3) is 0.429. The summed E-state index contributed by atoms with van der Waals surface area (Å²) >= 11 is 0. The molecule has 4 amide bonds. The molecule has 1 saturated carbocycles. The maximum absolute atomic E-state index is 13.5. The van der Waals surface area contributed by atoms with E-state index in [4.69, 9.17) is 0 Å². The Kier molecular flexibility index (Phi) is 11.2. The number of urea groups is 1. The molecule has 2 aliphatic rings. The number of nitrogens with zero attached hydrogens (tertiary/aromatic N) is 4. The number of hydrogen-bond acceptors (Lipinski definition) is 10. The molecule has 2 aromatic heterocycles. The van der Waals surface area contributed by atoms with Crippen LogP contribution in [0.5, 0.6) is 0 Å². The number of imidazole rings is 1. The Morgan fingerprint density at radius 2 is 1.64 bits per heavy atom. The zero-order valence-electron chi connectivity index (χ0n) is 27.9. The first-order valence-corrected chi connectivity index (χ1v) is 17.1. The molecule has 0 spiro atoms. The Morgan fingerprint density at radius 3 is 2.30 bits per heavy atom. The van der Waals surface area contributed by atoms with Crippen molar-refractivity contribution in [3.63, 3.8) is 0 Å². The summed E-state index contributed by atoms with van der Waals surface area (Å²) in [4.78, 5) is 51.6. The molecule has 0 bridgehead atoms. The highest BCUT2D eigenvalue weighted by molar-refractivity contribution is 5.94. The van der Waals surface area contributed by atoms with Gasteiger partial charge in [0.25, 0.3) is 5.91 Å². The van der Waals surface area contributed by atoms with Crippen molar-refractivity contribution < 1.29 is 24.6 Å². The van der Waals surface area contributed by atoms with Crippen LogP contribution in [-0.4, -0.2) is 105 Å². The summed E-state index contributed by atoms with van der Waals surface area (Å²) < 4.78 is 1.63. The van der Waals surface area contributed by atoms with Gasteiger partial charge in [-0.05, 0) is 30.5 Å². The van der Waals surface area contributed by atoms with Crippen LogP contribution in [0.1, 0.15) is 59.9 Å². The predicted molar refractivity (Wildman–Crippen MR) is 187 cm³/mol. The maximum Gasteiger partial charge on any atom is 0.315 e. The van der Waals surface area contributed by atoms with E-state index in [2.05, 4.69) is 71.1 Å². The lowest BCUT2D eigenvalue weighted by Crippen LogP contribution is -2.45. The molecule has 5 atom stereocenters. The minimum Gasteiger partial charge on any atom is -0.388 e. The number of rotatable bonds is 13. The van der Waals surface area contributed by atoms with Crippen LogP contribution < -0.4 is 31.9 Å². The molecule has 50 heavy (non-hydrogen) atoms. The van der Waals surface area contributed by atoms with E-state index >= 15 is 0 Å². The van der Waals surface area contributed by atoms with Gasteiger partial charge in [0.15, 0.2) is 11.5 Å². The number of fused-ring (bicyclic) bond motifs is 1. The molecule has 264 valence electrons. The van der Waals surface area contributed by atoms with Crippen LogP contribution in [0.2, 0.25) is 0 Å². The molecule has 0 radical (unpaired) electrons. The fourth-order valence-corrected chi connectivity index (χ4v) is 6.56. The molecule has 0 unspecified atom stereocenters. The van der Waals surface area contributed by atoms with Crippen LogP contribution in [0.4, 0.5) is 10.6 Å². The lowest BCUT2D eigenvalue weighted by molar-refractivity contribution is -0.122. The third kappa shape index (κ3) is 8.01. The van der Waals surface area contributed by atoms with Crippen molar-refractivity contribution in [2.75, 3.05) is 38.0 Å². The lowest BCUT2D eigenvalue weighted by atomic mass is 9.91. The maximum atomic E-state index is 13.5. The van der Waals surface area contributed by atoms with Crippen LogP contribution in [0.15, 0.2) is 67.0 Å². The SMILES string of the molecule is CCC(=O)N[C@H]1C[C@@H](n2cnc3c(NCC(c4ccccc4)c4ccccc4)nc(C(=O)NCCNC(=O)N[C@H]4CCNC4)nc32)[C@H](O)[C@@H]1O. The standard InChI is InChI=1S/C35H44N10O5/c1-2-27(46)42-25-17-26(30(48)29(25)47)45-20-40-28-31(39-19-24(21-9-5-3-6-10-21)22-11-7-4-8-12-22)43-32(44-33(28)45)34(49)37-15-16-38-35(50)41-23-13-14-36-18-23/h3-12,20,23-26,29-30,36,47-48H,2,13-19H2,1H3,(H,37,49)(H,42,46)(H2,38,41,50)(H,39,43,44)/t23-,25-,26+,29+,30-/m0/s1. The average Bonchev–Trinajstić information content (AvgIpc) is 3.88. The third-order valence-corrected chi connectivity index (χ3v) is 9.27. The summed E-state index contributed by atoms with van der Waals surface area (Å²) in [7, 11) is 0. The highest BCUT2D eigenvalue weighted by Gasteiger charge is 2.44. The number of carbonyl (C=O) groups is 3. The number of benzene rings is 2.